The molecule has 2 amide bonds. The number of Topliss-reactive ketones (excluding diaryl/α,β-unsaturated/α-hetero) is 1. The van der Waals surface area contributed by atoms with E-state index in [4.69, 9.17) is 16.3 Å². The van der Waals surface area contributed by atoms with Crippen molar-refractivity contribution in [1.29, 1.82) is 0 Å². The molecular formula is C24H28ClN3O5. The Morgan fingerprint density at radius 2 is 1.79 bits per heavy atom. The summed E-state index contributed by atoms with van der Waals surface area (Å²) in [6, 6.07) is 6.87. The number of halogens is 1. The number of hydrogen-bond acceptors (Lipinski definition) is 5. The molecule has 1 aromatic carbocycles. The molecule has 0 bridgehead atoms. The second-order valence-corrected chi connectivity index (χ2v) is 8.61. The third kappa shape index (κ3) is 6.22. The molecule has 1 fully saturated rings. The number of aromatic nitrogens is 1. The van der Waals surface area contributed by atoms with Gasteiger partial charge < -0.3 is 19.9 Å². The highest BCUT2D eigenvalue weighted by Gasteiger charge is 2.29. The zero-order valence-corrected chi connectivity index (χ0v) is 19.5. The van der Waals surface area contributed by atoms with Gasteiger partial charge in [0.05, 0.1) is 0 Å². The van der Waals surface area contributed by atoms with Crippen molar-refractivity contribution >= 4 is 35.2 Å². The average Bonchev–Trinajstić information content (AvgIpc) is 3.53. The molecule has 8 nitrogen and oxygen atoms in total. The molecule has 0 unspecified atom stereocenters. The van der Waals surface area contributed by atoms with Crippen LogP contribution in [0.3, 0.4) is 0 Å². The van der Waals surface area contributed by atoms with Crippen LogP contribution in [0.4, 0.5) is 0 Å². The van der Waals surface area contributed by atoms with Gasteiger partial charge in [-0.15, -0.1) is 0 Å². The third-order valence-electron chi connectivity index (χ3n) is 5.83. The molecule has 2 heterocycles. The topological polar surface area (TPSA) is 109 Å². The maximum absolute atomic E-state index is 12.7. The number of aromatic amines is 1. The van der Waals surface area contributed by atoms with Crippen LogP contribution in [0.2, 0.25) is 5.02 Å². The van der Waals surface area contributed by atoms with E-state index in [2.05, 4.69) is 10.3 Å². The number of H-pyrrole nitrogens is 1. The van der Waals surface area contributed by atoms with Crippen molar-refractivity contribution in [2.75, 3.05) is 19.7 Å². The number of carbonyl (C=O) groups excluding carboxylic acids is 4. The monoisotopic (exact) mass is 473 g/mol. The highest BCUT2D eigenvalue weighted by Crippen LogP contribution is 2.15. The quantitative estimate of drug-likeness (QED) is 0.428. The Balaban J connectivity index is 1.59. The average molecular weight is 474 g/mol. The second-order valence-electron chi connectivity index (χ2n) is 8.18. The lowest BCUT2D eigenvalue weighted by Gasteiger charge is -2.22. The van der Waals surface area contributed by atoms with Gasteiger partial charge in [0.25, 0.3) is 11.8 Å². The van der Waals surface area contributed by atoms with Crippen molar-refractivity contribution in [2.45, 2.75) is 39.2 Å². The van der Waals surface area contributed by atoms with Gasteiger partial charge in [-0.2, -0.15) is 0 Å². The van der Waals surface area contributed by atoms with Gasteiger partial charge >= 0.3 is 5.97 Å². The smallest absolute Gasteiger partial charge is 0.329 e. The predicted molar refractivity (Wildman–Crippen MR) is 123 cm³/mol. The lowest BCUT2D eigenvalue weighted by Crippen LogP contribution is -2.46. The normalized spacial score (nSPS) is 15.1. The van der Waals surface area contributed by atoms with Crippen molar-refractivity contribution in [1.82, 2.24) is 15.2 Å². The lowest BCUT2D eigenvalue weighted by atomic mass is 9.98. The first-order valence-electron chi connectivity index (χ1n) is 11.0. The molecule has 1 saturated heterocycles. The van der Waals surface area contributed by atoms with E-state index in [1.807, 2.05) is 13.8 Å². The molecular weight excluding hydrogens is 446 g/mol. The number of ketones is 1. The molecule has 33 heavy (non-hydrogen) atoms. The first kappa shape index (κ1) is 24.5. The number of rotatable bonds is 9. The van der Waals surface area contributed by atoms with E-state index < -0.39 is 30.3 Å². The SMILES string of the molecule is CC[C@H](C)[C@H](NC(=O)c1ccc(Cl)cc1)C(=O)OCC(=O)c1c[nH]c(C(=O)N2CCCC2)c1. The van der Waals surface area contributed by atoms with Gasteiger partial charge in [-0.3, -0.25) is 14.4 Å². The van der Waals surface area contributed by atoms with Crippen molar-refractivity contribution in [2.24, 2.45) is 5.92 Å². The number of benzene rings is 1. The highest BCUT2D eigenvalue weighted by atomic mass is 35.5. The summed E-state index contributed by atoms with van der Waals surface area (Å²) in [5.74, 6) is -1.92. The minimum absolute atomic E-state index is 0.148. The summed E-state index contributed by atoms with van der Waals surface area (Å²) in [7, 11) is 0. The Hall–Kier alpha value is -3.13. The van der Waals surface area contributed by atoms with E-state index >= 15 is 0 Å². The van der Waals surface area contributed by atoms with Crippen LogP contribution in [0.25, 0.3) is 0 Å². The fraction of sp³-hybridized carbons (Fsp3) is 0.417. The largest absolute Gasteiger partial charge is 0.456 e. The molecule has 1 aromatic heterocycles. The van der Waals surface area contributed by atoms with Crippen LogP contribution in [-0.4, -0.2) is 59.2 Å². The van der Waals surface area contributed by atoms with Crippen LogP contribution in [0.15, 0.2) is 36.5 Å². The number of carbonyl (C=O) groups is 4. The molecule has 2 N–H and O–H groups in total. The van der Waals surface area contributed by atoms with Crippen molar-refractivity contribution in [3.63, 3.8) is 0 Å². The zero-order chi connectivity index (χ0) is 24.0. The van der Waals surface area contributed by atoms with Crippen LogP contribution < -0.4 is 5.32 Å². The van der Waals surface area contributed by atoms with E-state index in [1.54, 1.807) is 29.2 Å². The zero-order valence-electron chi connectivity index (χ0n) is 18.7. The molecule has 0 spiro atoms. The molecule has 0 aliphatic carbocycles. The van der Waals surface area contributed by atoms with Crippen molar-refractivity contribution < 1.29 is 23.9 Å². The maximum Gasteiger partial charge on any atom is 0.329 e. The molecule has 176 valence electrons. The fourth-order valence-corrected chi connectivity index (χ4v) is 3.70. The summed E-state index contributed by atoms with van der Waals surface area (Å²) in [4.78, 5) is 54.8. The Morgan fingerprint density at radius 3 is 2.42 bits per heavy atom. The Labute approximate surface area is 197 Å². The Morgan fingerprint density at radius 1 is 1.12 bits per heavy atom. The van der Waals surface area contributed by atoms with Gasteiger partial charge in [-0.25, -0.2) is 4.79 Å². The molecule has 0 radical (unpaired) electrons. The van der Waals surface area contributed by atoms with Crippen LogP contribution >= 0.6 is 11.6 Å². The number of ether oxygens (including phenoxy) is 1. The lowest BCUT2D eigenvalue weighted by molar-refractivity contribution is -0.146. The van der Waals surface area contributed by atoms with Gasteiger partial charge in [0.2, 0.25) is 5.78 Å². The Kier molecular flexibility index (Phi) is 8.27. The highest BCUT2D eigenvalue weighted by molar-refractivity contribution is 6.30. The van der Waals surface area contributed by atoms with Gasteiger partial charge in [0, 0.05) is 35.4 Å². The van der Waals surface area contributed by atoms with E-state index in [-0.39, 0.29) is 17.4 Å². The third-order valence-corrected chi connectivity index (χ3v) is 6.09. The minimum Gasteiger partial charge on any atom is -0.456 e. The van der Waals surface area contributed by atoms with Crippen LogP contribution in [-0.2, 0) is 9.53 Å². The number of nitrogens with one attached hydrogen (secondary N) is 2. The number of esters is 1. The van der Waals surface area contributed by atoms with Crippen molar-refractivity contribution in [3.8, 4) is 0 Å². The maximum atomic E-state index is 12.7. The van der Waals surface area contributed by atoms with E-state index in [1.165, 1.54) is 12.3 Å². The molecule has 3 rings (SSSR count). The van der Waals surface area contributed by atoms with E-state index in [0.29, 0.717) is 35.8 Å². The van der Waals surface area contributed by atoms with E-state index in [9.17, 15) is 19.2 Å². The molecule has 1 aliphatic rings. The number of hydrogen-bond donors (Lipinski definition) is 2. The summed E-state index contributed by atoms with van der Waals surface area (Å²) >= 11 is 5.86. The van der Waals surface area contributed by atoms with Crippen LogP contribution in [0.5, 0.6) is 0 Å². The second kappa shape index (κ2) is 11.1. The molecule has 9 heteroatoms. The fourth-order valence-electron chi connectivity index (χ4n) is 3.57. The van der Waals surface area contributed by atoms with Crippen LogP contribution in [0.1, 0.15) is 64.3 Å². The number of likely N-dealkylation sites (tertiary alicyclic amines) is 1. The minimum atomic E-state index is -0.912. The first-order valence-corrected chi connectivity index (χ1v) is 11.4. The van der Waals surface area contributed by atoms with Gasteiger partial charge in [0.15, 0.2) is 6.61 Å². The summed E-state index contributed by atoms with van der Waals surface area (Å²) in [5, 5.41) is 3.19. The van der Waals surface area contributed by atoms with Gasteiger partial charge in [-0.1, -0.05) is 31.9 Å². The van der Waals surface area contributed by atoms with Crippen LogP contribution in [0, 0.1) is 5.92 Å². The predicted octanol–water partition coefficient (Wildman–Crippen LogP) is 3.47. The van der Waals surface area contributed by atoms with Crippen molar-refractivity contribution in [3.05, 3.63) is 58.4 Å². The van der Waals surface area contributed by atoms with E-state index in [0.717, 1.165) is 12.8 Å². The summed E-state index contributed by atoms with van der Waals surface area (Å²) < 4.78 is 5.24. The number of nitrogens with zero attached hydrogens (tertiary/aromatic N) is 1. The summed E-state index contributed by atoms with van der Waals surface area (Å²) in [6.07, 6.45) is 4.00. The summed E-state index contributed by atoms with van der Waals surface area (Å²) in [6.45, 7) is 4.63. The van der Waals surface area contributed by atoms with Gasteiger partial charge in [0.1, 0.15) is 11.7 Å². The molecule has 0 saturated carbocycles. The Bertz CT molecular complexity index is 1010. The van der Waals surface area contributed by atoms with Gasteiger partial charge in [-0.05, 0) is 49.1 Å². The standard InChI is InChI=1S/C24H28ClN3O5/c1-3-15(2)21(27-22(30)16-6-8-18(25)9-7-16)24(32)33-14-20(29)17-12-19(26-13-17)23(31)28-10-4-5-11-28/h6-9,12-13,15,21,26H,3-5,10-11,14H2,1-2H3,(H,27,30)/t15-,21-/m0/s1. The first-order chi connectivity index (χ1) is 15.8. The summed E-state index contributed by atoms with van der Waals surface area (Å²) in [5.41, 5.74) is 0.953. The number of amides is 2. The molecule has 2 aromatic rings. The molecule has 2 atom stereocenters. The molecule has 1 aliphatic heterocycles.